The predicted octanol–water partition coefficient (Wildman–Crippen LogP) is 28.1. The molecule has 3 atom stereocenters. The molecular formula is C103H197N8O11RbS8. The van der Waals surface area contributed by atoms with Crippen molar-refractivity contribution in [2.45, 2.75) is 448 Å². The summed E-state index contributed by atoms with van der Waals surface area (Å²) in [6, 6.07) is 14.4. The zero-order valence-electron chi connectivity index (χ0n) is 92.3. The second kappa shape index (κ2) is 79.9. The van der Waals surface area contributed by atoms with Gasteiger partial charge in [0.05, 0.1) is 16.3 Å². The molecule has 2 N–H and O–H groups in total. The molecule has 1 fully saturated rings. The van der Waals surface area contributed by atoms with Crippen molar-refractivity contribution in [3.8, 4) is 0 Å². The number of likely N-dealkylation sites (tertiary alicyclic amines) is 1. The maximum atomic E-state index is 11.9. The Morgan fingerprint density at radius 3 is 1.31 bits per heavy atom. The summed E-state index contributed by atoms with van der Waals surface area (Å²) >= 11 is 0. The smallest absolute Gasteiger partial charge is 0.542 e. The summed E-state index contributed by atoms with van der Waals surface area (Å²) in [6.45, 7) is 100. The molecule has 3 amide bonds. The minimum absolute atomic E-state index is 0. The number of imide groups is 1. The number of aliphatic carboxylic acids is 1. The summed E-state index contributed by atoms with van der Waals surface area (Å²) in [5.74, 6) is 8.63. The molecule has 4 rings (SSSR count). The molecule has 0 spiro atoms. The van der Waals surface area contributed by atoms with Crippen LogP contribution in [0.4, 0.5) is 0 Å². The molecule has 0 aliphatic carbocycles. The monoisotopic (exact) mass is 2060 g/mol. The summed E-state index contributed by atoms with van der Waals surface area (Å²) in [7, 11) is 5.37. The first kappa shape index (κ1) is 145. The van der Waals surface area contributed by atoms with E-state index in [0.29, 0.717) is 93.5 Å². The number of rotatable bonds is 40. The van der Waals surface area contributed by atoms with E-state index >= 15 is 0 Å². The van der Waals surface area contributed by atoms with E-state index in [-0.39, 0.29) is 128 Å². The van der Waals surface area contributed by atoms with Crippen LogP contribution in [0.25, 0.3) is 4.72 Å². The molecule has 0 bridgehead atoms. The Morgan fingerprint density at radius 1 is 0.565 bits per heavy atom. The van der Waals surface area contributed by atoms with Gasteiger partial charge in [-0.2, -0.15) is 5.10 Å². The molecule has 28 heteroatoms. The van der Waals surface area contributed by atoms with Gasteiger partial charge in [-0.15, -0.1) is 11.1 Å². The Hall–Kier alpha value is -1.76. The van der Waals surface area contributed by atoms with Gasteiger partial charge >= 0.3 is 64.2 Å². The van der Waals surface area contributed by atoms with E-state index in [1.165, 1.54) is 16.2 Å². The maximum Gasteiger partial charge on any atom is 1.00 e. The molecule has 1 aliphatic rings. The molecule has 2 heterocycles. The van der Waals surface area contributed by atoms with Gasteiger partial charge in [-0.05, 0) is 193 Å². The van der Waals surface area contributed by atoms with Crippen LogP contribution in [0.5, 0.6) is 0 Å². The molecule has 19 nitrogen and oxygen atoms in total. The van der Waals surface area contributed by atoms with Crippen molar-refractivity contribution in [1.29, 1.82) is 0 Å². The van der Waals surface area contributed by atoms with E-state index in [4.69, 9.17) is 9.94 Å². The average molecular weight is 2070 g/mol. The van der Waals surface area contributed by atoms with Crippen LogP contribution in [0.2, 0.25) is 0 Å². The zero-order valence-corrected chi connectivity index (χ0v) is 104. The molecule has 1 saturated heterocycles. The van der Waals surface area contributed by atoms with Crippen LogP contribution in [-0.4, -0.2) is 139 Å². The number of sulfone groups is 1. The number of carboxylic acid groups (broad SMARTS) is 1. The van der Waals surface area contributed by atoms with Crippen LogP contribution >= 0.6 is 64.8 Å². The summed E-state index contributed by atoms with van der Waals surface area (Å²) < 4.78 is 53.4. The number of hydrogen-bond donors (Lipinski definition) is 2. The Labute approximate surface area is 880 Å². The van der Waals surface area contributed by atoms with Gasteiger partial charge in [-0.25, -0.2) is 26.9 Å². The first-order chi connectivity index (χ1) is 59.3. The van der Waals surface area contributed by atoms with Gasteiger partial charge in [0.25, 0.3) is 0 Å². The van der Waals surface area contributed by atoms with Gasteiger partial charge in [-0.3, -0.25) is 28.9 Å². The number of hydrogen-bond acceptors (Lipinski definition) is 20. The summed E-state index contributed by atoms with van der Waals surface area (Å²) in [5, 5.41) is 27.5. The van der Waals surface area contributed by atoms with Crippen LogP contribution < -0.4 is 63.6 Å². The minimum atomic E-state index is -3.48. The Kier molecular flexibility index (Phi) is 88.1. The summed E-state index contributed by atoms with van der Waals surface area (Å²) in [6.07, 6.45) is 8.39. The largest absolute Gasteiger partial charge is 1.00 e. The van der Waals surface area contributed by atoms with Gasteiger partial charge in [0.15, 0.2) is 9.84 Å². The molecule has 0 saturated carbocycles. The molecular weight excluding hydrogens is 1870 g/mol. The number of nitrogens with zero attached hydrogens (tertiary/aromatic N) is 7. The van der Waals surface area contributed by atoms with E-state index in [9.17, 15) is 40.8 Å². The number of amides is 3. The van der Waals surface area contributed by atoms with Crippen molar-refractivity contribution < 1.29 is 109 Å². The van der Waals surface area contributed by atoms with E-state index < -0.39 is 25.8 Å². The van der Waals surface area contributed by atoms with E-state index in [1.807, 2.05) is 190 Å². The quantitative estimate of drug-likeness (QED) is 0.0232. The number of aromatic nitrogens is 3. The Balaban J connectivity index is -0.000000213. The molecule has 2 aromatic carbocycles. The van der Waals surface area contributed by atoms with Gasteiger partial charge in [-0.1, -0.05) is 376 Å². The first-order valence-electron chi connectivity index (χ1n) is 48.1. The SMILES string of the molecule is C/C(=N\NC(=O)C(C)C)C(C)C.CC(C)C1CC(=O)N(C(C)C)C1=O.CC(C)C=NOC(C)C.CC(C)CC(=O)CC(C)C.CC(C)CCC(CC(=O)O)C(C)C.CC(C)CS(=O)(=O)c1ccc(C(C)C)cc1.CC(C)CSSC(C)C.CC(C)SSC(C)(C)C(C)C.CC(C)SSC(C)C(C)C.CC(C)[N-]S(=O)(=O)c1ccc(C(C)C)cc1.CC(C)c1cn(C(C)C)nn1.[Rb+]. The van der Waals surface area contributed by atoms with Crippen molar-refractivity contribution >= 4 is 126 Å². The van der Waals surface area contributed by atoms with Gasteiger partial charge in [0, 0.05) is 104 Å². The zero-order chi connectivity index (χ0) is 103. The number of oxime groups is 1. The van der Waals surface area contributed by atoms with Gasteiger partial charge in [0.1, 0.15) is 21.9 Å². The molecule has 1 aromatic heterocycles. The molecule has 0 radical (unpaired) electrons. The van der Waals surface area contributed by atoms with E-state index in [0.717, 1.165) is 81.4 Å². The number of sulfonamides is 1. The van der Waals surface area contributed by atoms with Crippen LogP contribution in [-0.2, 0) is 48.7 Å². The summed E-state index contributed by atoms with van der Waals surface area (Å²) in [5.41, 5.74) is 6.83. The molecule has 131 heavy (non-hydrogen) atoms. The second-order valence-corrected chi connectivity index (χ2v) is 54.7. The number of hydrazone groups is 1. The molecule has 3 unspecified atom stereocenters. The maximum absolute atomic E-state index is 11.9. The average Bonchev–Trinajstić information content (AvgIpc) is 1.79. The number of ketones is 1. The van der Waals surface area contributed by atoms with Crippen molar-refractivity contribution in [1.82, 2.24) is 25.3 Å². The number of carboxylic acids is 1. The van der Waals surface area contributed by atoms with Crippen molar-refractivity contribution in [2.75, 3.05) is 11.5 Å². The summed E-state index contributed by atoms with van der Waals surface area (Å²) in [4.78, 5) is 62.8. The third kappa shape index (κ3) is 83.7. The van der Waals surface area contributed by atoms with E-state index in [1.54, 1.807) is 44.3 Å². The number of Topliss-reactive ketones (excluding diaryl/α,β-unsaturated/α-hetero) is 1. The Bertz CT molecular complexity index is 3540. The standard InChI is InChI=1S/C13H20O2S.C12H18NO2S.C11H22O2.C10H17NO2.C9H18N2O.C9H18O.C9H20S2.C8H15N3.C8H18S2.C7H15NO.C7H16S2.Rb/c1-10(2)9-16(14,15)13-7-5-12(6-8-13)11(3)4;1-9(2)11-5-7-12(8-6-11)16(14,15)13-10(3)4;1-8(2)5-6-10(9(3)4)7-11(12)13;1-6(2)8-5-9(12)11(7(3)4)10(8)13;1-6(2)8(5)10-11-9(12)7(3)4;1-7(2)5-9(10)6-8(3)4;1-7(2)9(5,6)11-10-8(3)4;1-6(2)8-5-11(7(3)4)10-9-8;1-6(2)8(5)10-9-7(3)4;2*1-6(2)5-8-9-7(3)4;/h5-8,10-11H,9H2,1-4H3;5-10H,1-4H3;8-10H,5-7H2,1-4H3,(H,12,13);6-8H,5H2,1-4H3;6-7H,1-5H3,(H,11,12);7-8H,5-6H2,1-4H3;7-8H,1-6H3;5-7H,1-4H3;6-8H,1-5H3;5-7H,1-4H3;6-7H,5H2,1-4H3;/q;-1;;;;;;;;;;+1/b;;;;10-8+;;;;;;;. The Morgan fingerprint density at radius 2 is 1.02 bits per heavy atom. The minimum Gasteiger partial charge on any atom is -0.542 e. The third-order valence-corrected chi connectivity index (χ3v) is 33.6. The molecule has 764 valence electrons. The number of benzene rings is 2. The van der Waals surface area contributed by atoms with Crippen LogP contribution in [0.1, 0.15) is 411 Å². The van der Waals surface area contributed by atoms with Gasteiger partial charge in [0.2, 0.25) is 17.7 Å². The fourth-order valence-corrected chi connectivity index (χ4v) is 19.8. The van der Waals surface area contributed by atoms with Crippen LogP contribution in [0, 0.1) is 82.9 Å². The van der Waals surface area contributed by atoms with Gasteiger partial charge < -0.3 is 14.7 Å². The first-order valence-corrected chi connectivity index (χ1v) is 58.1. The number of carbonyl (C=O) groups is 5. The fourth-order valence-electron chi connectivity index (χ4n) is 9.56. The normalized spacial score (nSPS) is 13.5. The molecule has 3 aromatic rings. The topological polar surface area (TPSA) is 268 Å². The van der Waals surface area contributed by atoms with Crippen molar-refractivity contribution in [3.05, 3.63) is 76.3 Å². The van der Waals surface area contributed by atoms with Crippen LogP contribution in [0.3, 0.4) is 0 Å². The second-order valence-electron chi connectivity index (χ2n) is 41.4. The third-order valence-electron chi connectivity index (χ3n) is 18.8. The number of carbonyl (C=O) groups excluding carboxylic acids is 4. The molecule has 1 aliphatic heterocycles. The van der Waals surface area contributed by atoms with Crippen molar-refractivity contribution in [2.24, 2.45) is 93.1 Å². The van der Waals surface area contributed by atoms with Crippen molar-refractivity contribution in [3.63, 3.8) is 0 Å². The predicted molar refractivity (Wildman–Crippen MR) is 581 cm³/mol. The fraction of sp³-hybridized carbons (Fsp3) is 0.796. The number of nitrogens with one attached hydrogen (secondary N) is 1. The van der Waals surface area contributed by atoms with Crippen LogP contribution in [0.15, 0.2) is 74.8 Å². The van der Waals surface area contributed by atoms with E-state index in [2.05, 4.69) is 259 Å².